The number of ether oxygens (including phenoxy) is 1. The molecule has 1 saturated heterocycles. The minimum atomic E-state index is -0.664. The fourth-order valence-electron chi connectivity index (χ4n) is 3.43. The number of aromatic hydroxyl groups is 1. The van der Waals surface area contributed by atoms with E-state index < -0.39 is 6.04 Å². The number of phenols is 1. The van der Waals surface area contributed by atoms with Crippen LogP contribution in [0.4, 0.5) is 5.69 Å². The van der Waals surface area contributed by atoms with Crippen molar-refractivity contribution in [2.45, 2.75) is 13.0 Å². The average Bonchev–Trinajstić information content (AvgIpc) is 3.08. The smallest absolute Gasteiger partial charge is 0.255 e. The molecule has 8 heteroatoms. The Morgan fingerprint density at radius 3 is 2.76 bits per heavy atom. The van der Waals surface area contributed by atoms with Crippen LogP contribution in [-0.4, -0.2) is 39.9 Å². The van der Waals surface area contributed by atoms with E-state index in [-0.39, 0.29) is 29.1 Å². The number of anilines is 1. The summed E-state index contributed by atoms with van der Waals surface area (Å²) in [5.41, 5.74) is 2.22. The van der Waals surface area contributed by atoms with Gasteiger partial charge in [0.15, 0.2) is 16.7 Å². The number of carbonyl (C=O) groups is 2. The molecule has 0 bridgehead atoms. The summed E-state index contributed by atoms with van der Waals surface area (Å²) in [5.74, 6) is 0.0674. The number of carbonyl (C=O) groups excluding carboxylic acids is 2. The first-order valence-electron chi connectivity index (χ1n) is 8.97. The van der Waals surface area contributed by atoms with Gasteiger partial charge in [0.2, 0.25) is 5.91 Å². The molecule has 1 atom stereocenters. The van der Waals surface area contributed by atoms with Crippen molar-refractivity contribution in [1.29, 1.82) is 0 Å². The molecular weight excluding hydrogens is 390 g/mol. The van der Waals surface area contributed by atoms with E-state index in [0.29, 0.717) is 27.7 Å². The minimum Gasteiger partial charge on any atom is -0.504 e. The summed E-state index contributed by atoms with van der Waals surface area (Å²) in [4.78, 5) is 31.9. The van der Waals surface area contributed by atoms with Gasteiger partial charge in [0, 0.05) is 5.69 Å². The van der Waals surface area contributed by atoms with Crippen molar-refractivity contribution < 1.29 is 19.4 Å². The standard InChI is InChI=1S/C21H19N3O4S/c1-12-18(20(27)23-14-6-4-3-5-7-14)19(24-17(26)11-29-21(24)22-12)13-8-9-15(25)16(10-13)28-2/h3-10,19,25H,11H2,1-2H3,(H,23,27)/t19-/m0/s1. The first kappa shape index (κ1) is 19.1. The van der Waals surface area contributed by atoms with Crippen LogP contribution in [0.15, 0.2) is 64.8 Å². The lowest BCUT2D eigenvalue weighted by Gasteiger charge is -2.33. The van der Waals surface area contributed by atoms with Gasteiger partial charge >= 0.3 is 0 Å². The summed E-state index contributed by atoms with van der Waals surface area (Å²) in [6.45, 7) is 1.76. The van der Waals surface area contributed by atoms with E-state index in [1.165, 1.54) is 24.9 Å². The monoisotopic (exact) mass is 409 g/mol. The van der Waals surface area contributed by atoms with E-state index in [2.05, 4.69) is 10.3 Å². The molecule has 29 heavy (non-hydrogen) atoms. The van der Waals surface area contributed by atoms with Crippen molar-refractivity contribution in [3.05, 3.63) is 65.4 Å². The Morgan fingerprint density at radius 1 is 1.28 bits per heavy atom. The Balaban J connectivity index is 1.81. The lowest BCUT2D eigenvalue weighted by atomic mass is 9.93. The van der Waals surface area contributed by atoms with Crippen LogP contribution in [0.25, 0.3) is 0 Å². The highest BCUT2D eigenvalue weighted by atomic mass is 32.2. The second-order valence-electron chi connectivity index (χ2n) is 6.60. The molecule has 7 nitrogen and oxygen atoms in total. The maximum atomic E-state index is 13.2. The lowest BCUT2D eigenvalue weighted by Crippen LogP contribution is -2.40. The van der Waals surface area contributed by atoms with Crippen LogP contribution in [0.1, 0.15) is 18.5 Å². The molecule has 2 aliphatic rings. The summed E-state index contributed by atoms with van der Waals surface area (Å²) in [7, 11) is 1.45. The minimum absolute atomic E-state index is 0.0148. The van der Waals surface area contributed by atoms with Crippen molar-refractivity contribution in [1.82, 2.24) is 4.90 Å². The van der Waals surface area contributed by atoms with Crippen LogP contribution in [0.3, 0.4) is 0 Å². The van der Waals surface area contributed by atoms with E-state index in [4.69, 9.17) is 4.74 Å². The predicted molar refractivity (Wildman–Crippen MR) is 112 cm³/mol. The van der Waals surface area contributed by atoms with E-state index in [1.54, 1.807) is 36.1 Å². The number of rotatable bonds is 4. The number of nitrogens with zero attached hydrogens (tertiary/aromatic N) is 2. The molecule has 2 N–H and O–H groups in total. The molecule has 4 rings (SSSR count). The number of methoxy groups -OCH3 is 1. The first-order valence-corrected chi connectivity index (χ1v) is 9.95. The average molecular weight is 409 g/mol. The number of phenolic OH excluding ortho intramolecular Hbond substituents is 1. The van der Waals surface area contributed by atoms with Crippen molar-refractivity contribution in [3.8, 4) is 11.5 Å². The second kappa shape index (κ2) is 7.63. The maximum absolute atomic E-state index is 13.2. The molecule has 0 spiro atoms. The normalized spacial score (nSPS) is 18.4. The Hall–Kier alpha value is -3.26. The van der Waals surface area contributed by atoms with Crippen molar-refractivity contribution in [3.63, 3.8) is 0 Å². The van der Waals surface area contributed by atoms with E-state index in [0.717, 1.165) is 0 Å². The topological polar surface area (TPSA) is 91.2 Å². The van der Waals surface area contributed by atoms with Gasteiger partial charge in [-0.1, -0.05) is 36.0 Å². The van der Waals surface area contributed by atoms with Gasteiger partial charge in [0.25, 0.3) is 5.91 Å². The molecule has 0 unspecified atom stereocenters. The van der Waals surface area contributed by atoms with Gasteiger partial charge in [-0.3, -0.25) is 14.5 Å². The Kier molecular flexibility index (Phi) is 5.02. The lowest BCUT2D eigenvalue weighted by molar-refractivity contribution is -0.125. The van der Waals surface area contributed by atoms with Crippen LogP contribution < -0.4 is 10.1 Å². The van der Waals surface area contributed by atoms with Crippen molar-refractivity contribution in [2.75, 3.05) is 18.2 Å². The predicted octanol–water partition coefficient (Wildman–Crippen LogP) is 3.30. The van der Waals surface area contributed by atoms with Gasteiger partial charge in [-0.05, 0) is 36.8 Å². The number of hydrogen-bond donors (Lipinski definition) is 2. The Morgan fingerprint density at radius 2 is 2.03 bits per heavy atom. The van der Waals surface area contributed by atoms with Gasteiger partial charge in [0.1, 0.15) is 0 Å². The molecule has 0 radical (unpaired) electrons. The van der Waals surface area contributed by atoms with Gasteiger partial charge in [-0.15, -0.1) is 0 Å². The maximum Gasteiger partial charge on any atom is 0.255 e. The number of fused-ring (bicyclic) bond motifs is 1. The molecule has 2 aromatic rings. The van der Waals surface area contributed by atoms with Gasteiger partial charge in [-0.2, -0.15) is 0 Å². The molecule has 2 amide bonds. The quantitative estimate of drug-likeness (QED) is 0.809. The molecule has 2 aliphatic heterocycles. The number of amides is 2. The number of amidine groups is 1. The molecule has 148 valence electrons. The van der Waals surface area contributed by atoms with Crippen LogP contribution >= 0.6 is 11.8 Å². The highest BCUT2D eigenvalue weighted by Gasteiger charge is 2.43. The van der Waals surface area contributed by atoms with Crippen LogP contribution in [-0.2, 0) is 9.59 Å². The largest absolute Gasteiger partial charge is 0.504 e. The van der Waals surface area contributed by atoms with Crippen molar-refractivity contribution in [2.24, 2.45) is 4.99 Å². The fraction of sp³-hybridized carbons (Fsp3) is 0.190. The second-order valence-corrected chi connectivity index (χ2v) is 7.54. The summed E-state index contributed by atoms with van der Waals surface area (Å²) in [6.07, 6.45) is 0. The zero-order valence-corrected chi connectivity index (χ0v) is 16.7. The number of para-hydroxylation sites is 1. The van der Waals surface area contributed by atoms with E-state index >= 15 is 0 Å². The molecule has 2 aromatic carbocycles. The zero-order valence-electron chi connectivity index (χ0n) is 15.9. The number of allylic oxidation sites excluding steroid dienone is 1. The van der Waals surface area contributed by atoms with Gasteiger partial charge in [-0.25, -0.2) is 4.99 Å². The summed E-state index contributed by atoms with van der Waals surface area (Å²) in [5, 5.41) is 13.4. The zero-order chi connectivity index (χ0) is 20.5. The molecule has 0 aromatic heterocycles. The van der Waals surface area contributed by atoms with Crippen LogP contribution in [0.2, 0.25) is 0 Å². The third-order valence-electron chi connectivity index (χ3n) is 4.78. The summed E-state index contributed by atoms with van der Waals surface area (Å²) >= 11 is 1.35. The molecule has 0 saturated carbocycles. The fourth-order valence-corrected chi connectivity index (χ4v) is 4.37. The molecular formula is C21H19N3O4S. The SMILES string of the molecule is COc1cc([C@H]2C(C(=O)Nc3ccccc3)=C(C)N=C3SCC(=O)N32)ccc1O. The summed E-state index contributed by atoms with van der Waals surface area (Å²) < 4.78 is 5.23. The third-order valence-corrected chi connectivity index (χ3v) is 5.72. The number of nitrogens with one attached hydrogen (secondary N) is 1. The molecule has 2 heterocycles. The number of benzene rings is 2. The van der Waals surface area contributed by atoms with Crippen molar-refractivity contribution >= 4 is 34.4 Å². The Labute approximate surface area is 172 Å². The third kappa shape index (κ3) is 3.47. The molecule has 0 aliphatic carbocycles. The summed E-state index contributed by atoms with van der Waals surface area (Å²) in [6, 6.07) is 13.3. The van der Waals surface area contributed by atoms with Crippen LogP contribution in [0, 0.1) is 0 Å². The molecule has 1 fully saturated rings. The number of thioether (sulfide) groups is 1. The van der Waals surface area contributed by atoms with E-state index in [9.17, 15) is 14.7 Å². The van der Waals surface area contributed by atoms with Crippen LogP contribution in [0.5, 0.6) is 11.5 Å². The Bertz CT molecular complexity index is 1050. The highest BCUT2D eigenvalue weighted by molar-refractivity contribution is 8.15. The highest BCUT2D eigenvalue weighted by Crippen LogP contribution is 2.42. The number of hydrogen-bond acceptors (Lipinski definition) is 6. The first-order chi connectivity index (χ1) is 14.0. The van der Waals surface area contributed by atoms with E-state index in [1.807, 2.05) is 18.2 Å². The van der Waals surface area contributed by atoms with Gasteiger partial charge < -0.3 is 15.2 Å². The van der Waals surface area contributed by atoms with Gasteiger partial charge in [0.05, 0.1) is 30.2 Å². The number of aliphatic imine (C=N–C) groups is 1.